The van der Waals surface area contributed by atoms with Gasteiger partial charge in [0.15, 0.2) is 5.17 Å². The quantitative estimate of drug-likeness (QED) is 0.400. The smallest absolute Gasteiger partial charge is 0.278 e. The van der Waals surface area contributed by atoms with Crippen LogP contribution >= 0.6 is 11.8 Å². The van der Waals surface area contributed by atoms with Gasteiger partial charge in [-0.2, -0.15) is 5.10 Å². The third-order valence-corrected chi connectivity index (χ3v) is 5.16. The molecule has 1 aromatic heterocycles. The molecule has 1 aromatic carbocycles. The minimum Gasteiger partial charge on any atom is -0.325 e. The molecule has 0 unspecified atom stereocenters. The summed E-state index contributed by atoms with van der Waals surface area (Å²) in [6.45, 7) is 4.48. The van der Waals surface area contributed by atoms with E-state index < -0.39 is 4.92 Å². The maximum Gasteiger partial charge on any atom is 0.278 e. The highest BCUT2D eigenvalue weighted by Crippen LogP contribution is 2.25. The van der Waals surface area contributed by atoms with Crippen molar-refractivity contribution in [2.24, 2.45) is 18.0 Å². The van der Waals surface area contributed by atoms with Crippen LogP contribution in [0.5, 0.6) is 0 Å². The van der Waals surface area contributed by atoms with Gasteiger partial charge in [0.05, 0.1) is 16.9 Å². The number of nitrogens with zero attached hydrogens (tertiary/aromatic N) is 5. The number of amidine groups is 1. The molecule has 2 amide bonds. The number of rotatable bonds is 7. The van der Waals surface area contributed by atoms with Gasteiger partial charge in [0.1, 0.15) is 5.70 Å². The molecule has 0 saturated heterocycles. The summed E-state index contributed by atoms with van der Waals surface area (Å²) in [4.78, 5) is 41.4. The number of aromatic nitrogens is 2. The van der Waals surface area contributed by atoms with Crippen molar-refractivity contribution in [3.63, 3.8) is 0 Å². The maximum absolute atomic E-state index is 12.8. The van der Waals surface area contributed by atoms with Crippen LogP contribution in [-0.4, -0.2) is 48.9 Å². The van der Waals surface area contributed by atoms with Crippen molar-refractivity contribution in [2.75, 3.05) is 17.6 Å². The summed E-state index contributed by atoms with van der Waals surface area (Å²) < 4.78 is 1.64. The van der Waals surface area contributed by atoms with Crippen LogP contribution in [-0.2, 0) is 16.6 Å². The number of carbonyl (C=O) groups is 2. The van der Waals surface area contributed by atoms with Crippen LogP contribution in [0.3, 0.4) is 0 Å². The zero-order valence-electron chi connectivity index (χ0n) is 17.3. The fraction of sp³-hybridized carbons (Fsp3) is 0.300. The Morgan fingerprint density at radius 1 is 1.32 bits per heavy atom. The van der Waals surface area contributed by atoms with E-state index in [4.69, 9.17) is 0 Å². The minimum absolute atomic E-state index is 0.0396. The molecule has 10 nitrogen and oxygen atoms in total. The molecule has 1 aliphatic heterocycles. The molecule has 162 valence electrons. The van der Waals surface area contributed by atoms with E-state index in [-0.39, 0.29) is 29.2 Å². The first-order valence-corrected chi connectivity index (χ1v) is 10.5. The Hall–Kier alpha value is -3.47. The topological polar surface area (TPSA) is 123 Å². The first-order chi connectivity index (χ1) is 14.7. The average Bonchev–Trinajstić information content (AvgIpc) is 3.24. The molecule has 3 rings (SSSR count). The van der Waals surface area contributed by atoms with Gasteiger partial charge in [-0.15, -0.1) is 0 Å². The number of aryl methyl sites for hydroxylation is 1. The van der Waals surface area contributed by atoms with Crippen molar-refractivity contribution in [2.45, 2.75) is 13.8 Å². The van der Waals surface area contributed by atoms with E-state index in [0.29, 0.717) is 23.1 Å². The summed E-state index contributed by atoms with van der Waals surface area (Å²) in [6.07, 6.45) is 5.10. The highest BCUT2D eigenvalue weighted by atomic mass is 32.2. The Kier molecular flexibility index (Phi) is 6.85. The van der Waals surface area contributed by atoms with Crippen LogP contribution in [0.15, 0.2) is 47.3 Å². The zero-order valence-corrected chi connectivity index (χ0v) is 18.1. The molecule has 2 aromatic rings. The highest BCUT2D eigenvalue weighted by Gasteiger charge is 2.31. The van der Waals surface area contributed by atoms with E-state index in [1.54, 1.807) is 35.1 Å². The molecule has 2 heterocycles. The Labute approximate surface area is 183 Å². The van der Waals surface area contributed by atoms with Gasteiger partial charge in [0, 0.05) is 43.2 Å². The Morgan fingerprint density at radius 3 is 2.61 bits per heavy atom. The van der Waals surface area contributed by atoms with Gasteiger partial charge >= 0.3 is 0 Å². The summed E-state index contributed by atoms with van der Waals surface area (Å²) in [5.74, 6) is -0.252. The van der Waals surface area contributed by atoms with E-state index in [2.05, 4.69) is 15.4 Å². The highest BCUT2D eigenvalue weighted by molar-refractivity contribution is 8.14. The number of hydrogen-bond donors (Lipinski definition) is 1. The molecular formula is C20H22N6O4S. The second-order valence-corrected chi connectivity index (χ2v) is 8.26. The van der Waals surface area contributed by atoms with Gasteiger partial charge in [-0.3, -0.25) is 29.3 Å². The molecule has 0 fully saturated rings. The summed E-state index contributed by atoms with van der Waals surface area (Å²) >= 11 is 1.17. The largest absolute Gasteiger partial charge is 0.325 e. The van der Waals surface area contributed by atoms with E-state index >= 15 is 0 Å². The standard InChI is InChI=1S/C20H22N6O4S/c1-13(2)10-25-19(28)17(8-14-9-21-24(3)11-14)23-20(25)31-12-18(27)22-15-4-6-16(7-5-15)26(29)30/h4-9,11,13H,10,12H2,1-3H3,(H,22,27)/b17-8+. The van der Waals surface area contributed by atoms with Crippen LogP contribution in [0.4, 0.5) is 11.4 Å². The molecule has 0 saturated carbocycles. The Bertz CT molecular complexity index is 1060. The summed E-state index contributed by atoms with van der Waals surface area (Å²) in [7, 11) is 1.79. The lowest BCUT2D eigenvalue weighted by atomic mass is 10.2. The number of non-ortho nitro benzene ring substituents is 1. The maximum atomic E-state index is 12.8. The fourth-order valence-corrected chi connectivity index (χ4v) is 3.64. The SMILES string of the molecule is CC(C)CN1C(=O)/C(=C\c2cnn(C)c2)N=C1SCC(=O)Nc1ccc([N+](=O)[O-])cc1. The lowest BCUT2D eigenvalue weighted by molar-refractivity contribution is -0.384. The number of anilines is 1. The second-order valence-electron chi connectivity index (χ2n) is 7.32. The lowest BCUT2D eigenvalue weighted by Crippen LogP contribution is -2.34. The van der Waals surface area contributed by atoms with E-state index in [9.17, 15) is 19.7 Å². The summed E-state index contributed by atoms with van der Waals surface area (Å²) in [5.41, 5.74) is 1.47. The number of thioether (sulfide) groups is 1. The van der Waals surface area contributed by atoms with E-state index in [1.807, 2.05) is 13.8 Å². The third kappa shape index (κ3) is 5.79. The summed E-state index contributed by atoms with van der Waals surface area (Å²) in [5, 5.41) is 18.0. The van der Waals surface area contributed by atoms with Crippen molar-refractivity contribution in [3.8, 4) is 0 Å². The van der Waals surface area contributed by atoms with Crippen molar-refractivity contribution in [1.29, 1.82) is 0 Å². The first-order valence-electron chi connectivity index (χ1n) is 9.51. The second kappa shape index (κ2) is 9.56. The molecule has 0 radical (unpaired) electrons. The molecular weight excluding hydrogens is 420 g/mol. The van der Waals surface area contributed by atoms with Crippen LogP contribution in [0.1, 0.15) is 19.4 Å². The molecule has 1 aliphatic rings. The number of nitro benzene ring substituents is 1. The van der Waals surface area contributed by atoms with Crippen molar-refractivity contribution in [1.82, 2.24) is 14.7 Å². The van der Waals surface area contributed by atoms with Crippen molar-refractivity contribution in [3.05, 3.63) is 58.0 Å². The van der Waals surface area contributed by atoms with Crippen molar-refractivity contribution < 1.29 is 14.5 Å². The molecule has 1 N–H and O–H groups in total. The number of nitrogens with one attached hydrogen (secondary N) is 1. The van der Waals surface area contributed by atoms with Crippen LogP contribution in [0.2, 0.25) is 0 Å². The first kappa shape index (κ1) is 22.2. The minimum atomic E-state index is -0.503. The van der Waals surface area contributed by atoms with Gasteiger partial charge in [-0.1, -0.05) is 25.6 Å². The van der Waals surface area contributed by atoms with Crippen molar-refractivity contribution >= 4 is 46.2 Å². The molecule has 11 heteroatoms. The number of hydrogen-bond acceptors (Lipinski definition) is 7. The van der Waals surface area contributed by atoms with Gasteiger partial charge in [0.25, 0.3) is 11.6 Å². The number of carbonyl (C=O) groups excluding carboxylic acids is 2. The van der Waals surface area contributed by atoms with Gasteiger partial charge in [0.2, 0.25) is 5.91 Å². The molecule has 0 bridgehead atoms. The number of nitro groups is 1. The fourth-order valence-electron chi connectivity index (χ4n) is 2.83. The average molecular weight is 443 g/mol. The number of benzene rings is 1. The van der Waals surface area contributed by atoms with Crippen LogP contribution in [0.25, 0.3) is 6.08 Å². The third-order valence-electron chi connectivity index (χ3n) is 4.18. The zero-order chi connectivity index (χ0) is 22.5. The predicted molar refractivity (Wildman–Crippen MR) is 119 cm³/mol. The summed E-state index contributed by atoms with van der Waals surface area (Å²) in [6, 6.07) is 5.58. The van der Waals surface area contributed by atoms with Gasteiger partial charge < -0.3 is 5.32 Å². The Balaban J connectivity index is 1.68. The molecule has 31 heavy (non-hydrogen) atoms. The van der Waals surface area contributed by atoms with Crippen LogP contribution in [0, 0.1) is 16.0 Å². The molecule has 0 aliphatic carbocycles. The molecule has 0 atom stereocenters. The lowest BCUT2D eigenvalue weighted by Gasteiger charge is -2.19. The predicted octanol–water partition coefficient (Wildman–Crippen LogP) is 2.90. The van der Waals surface area contributed by atoms with Crippen LogP contribution < -0.4 is 5.32 Å². The van der Waals surface area contributed by atoms with E-state index in [0.717, 1.165) is 5.56 Å². The monoisotopic (exact) mass is 442 g/mol. The molecule has 0 spiro atoms. The number of aliphatic imine (C=N–C) groups is 1. The number of amides is 2. The van der Waals surface area contributed by atoms with E-state index in [1.165, 1.54) is 36.0 Å². The normalized spacial score (nSPS) is 15.0. The van der Waals surface area contributed by atoms with Gasteiger partial charge in [-0.25, -0.2) is 4.99 Å². The van der Waals surface area contributed by atoms with Gasteiger partial charge in [-0.05, 0) is 24.1 Å². The Morgan fingerprint density at radius 2 is 2.03 bits per heavy atom.